The van der Waals surface area contributed by atoms with Crippen LogP contribution in [0.2, 0.25) is 0 Å². The second-order valence-electron chi connectivity index (χ2n) is 4.86. The molecule has 0 bridgehead atoms. The summed E-state index contributed by atoms with van der Waals surface area (Å²) in [6.45, 7) is 3.25. The molecule has 110 valence electrons. The minimum atomic E-state index is -4.39. The van der Waals surface area contributed by atoms with E-state index >= 15 is 0 Å². The van der Waals surface area contributed by atoms with E-state index in [-0.39, 0.29) is 5.56 Å². The molecule has 1 N–H and O–H groups in total. The number of aryl methyl sites for hydroxylation is 2. The van der Waals surface area contributed by atoms with E-state index in [0.29, 0.717) is 22.3 Å². The van der Waals surface area contributed by atoms with Crippen molar-refractivity contribution >= 4 is 5.97 Å². The summed E-state index contributed by atoms with van der Waals surface area (Å²) in [5.74, 6) is -1.06. The Balaban J connectivity index is 2.53. The van der Waals surface area contributed by atoms with Crippen LogP contribution in [0.4, 0.5) is 13.2 Å². The fourth-order valence-corrected chi connectivity index (χ4v) is 2.18. The molecule has 0 saturated heterocycles. The molecule has 0 aliphatic rings. The Morgan fingerprint density at radius 2 is 1.67 bits per heavy atom. The summed E-state index contributed by atoms with van der Waals surface area (Å²) in [5.41, 5.74) is 1.66. The lowest BCUT2D eigenvalue weighted by atomic mass is 9.95. The molecule has 0 aliphatic carbocycles. The molecule has 0 saturated carbocycles. The first-order chi connectivity index (χ1) is 9.70. The number of halogens is 3. The highest BCUT2D eigenvalue weighted by molar-refractivity contribution is 5.91. The summed E-state index contributed by atoms with van der Waals surface area (Å²) in [6, 6.07) is 8.27. The third-order valence-corrected chi connectivity index (χ3v) is 3.33. The van der Waals surface area contributed by atoms with Gasteiger partial charge >= 0.3 is 12.1 Å². The van der Waals surface area contributed by atoms with Crippen LogP contribution >= 0.6 is 0 Å². The first-order valence-electron chi connectivity index (χ1n) is 6.22. The number of rotatable bonds is 2. The van der Waals surface area contributed by atoms with Crippen molar-refractivity contribution in [1.29, 1.82) is 0 Å². The molecule has 0 unspecified atom stereocenters. The fourth-order valence-electron chi connectivity index (χ4n) is 2.18. The summed E-state index contributed by atoms with van der Waals surface area (Å²) in [6.07, 6.45) is -4.39. The van der Waals surface area contributed by atoms with Crippen LogP contribution in [-0.2, 0) is 6.18 Å². The molecule has 0 radical (unpaired) electrons. The van der Waals surface area contributed by atoms with Crippen molar-refractivity contribution in [2.45, 2.75) is 20.0 Å². The molecule has 0 aliphatic heterocycles. The molecule has 2 nitrogen and oxygen atoms in total. The summed E-state index contributed by atoms with van der Waals surface area (Å²) < 4.78 is 37.9. The van der Waals surface area contributed by atoms with Gasteiger partial charge in [0.1, 0.15) is 0 Å². The summed E-state index contributed by atoms with van der Waals surface area (Å²) in [5, 5.41) is 9.11. The van der Waals surface area contributed by atoms with Crippen molar-refractivity contribution in [2.75, 3.05) is 0 Å². The molecule has 0 heterocycles. The molecule has 0 spiro atoms. The van der Waals surface area contributed by atoms with Crippen molar-refractivity contribution < 1.29 is 23.1 Å². The van der Waals surface area contributed by atoms with E-state index in [0.717, 1.165) is 12.1 Å². The molecule has 0 amide bonds. The summed E-state index contributed by atoms with van der Waals surface area (Å²) in [4.78, 5) is 11.1. The summed E-state index contributed by atoms with van der Waals surface area (Å²) >= 11 is 0. The van der Waals surface area contributed by atoms with Gasteiger partial charge in [0.25, 0.3) is 0 Å². The Labute approximate surface area is 119 Å². The van der Waals surface area contributed by atoms with Gasteiger partial charge in [-0.1, -0.05) is 18.2 Å². The maximum absolute atomic E-state index is 12.6. The molecule has 2 aromatic carbocycles. The first-order valence-corrected chi connectivity index (χ1v) is 6.22. The van der Waals surface area contributed by atoms with Gasteiger partial charge in [-0.3, -0.25) is 0 Å². The van der Waals surface area contributed by atoms with Gasteiger partial charge in [0.05, 0.1) is 11.1 Å². The van der Waals surface area contributed by atoms with Gasteiger partial charge in [-0.05, 0) is 54.3 Å². The molecule has 5 heteroatoms. The number of hydrogen-bond acceptors (Lipinski definition) is 1. The van der Waals surface area contributed by atoms with Crippen LogP contribution in [-0.4, -0.2) is 11.1 Å². The van der Waals surface area contributed by atoms with E-state index in [1.165, 1.54) is 12.1 Å². The van der Waals surface area contributed by atoms with Gasteiger partial charge in [-0.15, -0.1) is 0 Å². The Kier molecular flexibility index (Phi) is 3.77. The number of alkyl halides is 3. The molecule has 2 aromatic rings. The van der Waals surface area contributed by atoms with Gasteiger partial charge in [-0.25, -0.2) is 4.79 Å². The Morgan fingerprint density at radius 3 is 2.19 bits per heavy atom. The monoisotopic (exact) mass is 294 g/mol. The van der Waals surface area contributed by atoms with E-state index in [9.17, 15) is 18.0 Å². The zero-order valence-corrected chi connectivity index (χ0v) is 11.5. The number of carbonyl (C=O) groups is 1. The molecular formula is C16H13F3O2. The minimum absolute atomic E-state index is 0.145. The Bertz CT molecular complexity index is 703. The summed E-state index contributed by atoms with van der Waals surface area (Å²) in [7, 11) is 0. The van der Waals surface area contributed by atoms with Gasteiger partial charge < -0.3 is 5.11 Å². The average Bonchev–Trinajstić information content (AvgIpc) is 2.38. The molecule has 2 rings (SSSR count). The van der Waals surface area contributed by atoms with Crippen molar-refractivity contribution in [3.63, 3.8) is 0 Å². The van der Waals surface area contributed by atoms with Crippen molar-refractivity contribution in [3.05, 3.63) is 58.7 Å². The van der Waals surface area contributed by atoms with Crippen LogP contribution in [0.25, 0.3) is 11.1 Å². The first kappa shape index (κ1) is 15.1. The van der Waals surface area contributed by atoms with Crippen LogP contribution in [0.15, 0.2) is 36.4 Å². The smallest absolute Gasteiger partial charge is 0.416 e. The maximum Gasteiger partial charge on any atom is 0.416 e. The van der Waals surface area contributed by atoms with Crippen LogP contribution in [0, 0.1) is 13.8 Å². The number of carboxylic acids is 1. The third kappa shape index (κ3) is 3.07. The zero-order chi connectivity index (χ0) is 15.8. The predicted octanol–water partition coefficient (Wildman–Crippen LogP) is 4.69. The highest BCUT2D eigenvalue weighted by atomic mass is 19.4. The second kappa shape index (κ2) is 5.24. The van der Waals surface area contributed by atoms with E-state index < -0.39 is 17.7 Å². The largest absolute Gasteiger partial charge is 0.478 e. The van der Waals surface area contributed by atoms with Gasteiger partial charge in [0, 0.05) is 0 Å². The number of carboxylic acid groups (broad SMARTS) is 1. The van der Waals surface area contributed by atoms with Crippen molar-refractivity contribution in [2.24, 2.45) is 0 Å². The van der Waals surface area contributed by atoms with Crippen LogP contribution in [0.1, 0.15) is 27.0 Å². The third-order valence-electron chi connectivity index (χ3n) is 3.33. The normalized spacial score (nSPS) is 11.5. The van der Waals surface area contributed by atoms with Gasteiger partial charge in [0.2, 0.25) is 0 Å². The Morgan fingerprint density at radius 1 is 1.00 bits per heavy atom. The SMILES string of the molecule is Cc1ccc(-c2ccc(C(F)(F)F)cc2C)cc1C(=O)O. The quantitative estimate of drug-likeness (QED) is 0.872. The lowest BCUT2D eigenvalue weighted by Crippen LogP contribution is -2.05. The Hall–Kier alpha value is -2.30. The average molecular weight is 294 g/mol. The number of hydrogen-bond donors (Lipinski definition) is 1. The van der Waals surface area contributed by atoms with Gasteiger partial charge in [0.15, 0.2) is 0 Å². The molecule has 0 fully saturated rings. The van der Waals surface area contributed by atoms with E-state index in [1.54, 1.807) is 26.0 Å². The lowest BCUT2D eigenvalue weighted by Gasteiger charge is -2.12. The number of aromatic carboxylic acids is 1. The molecule has 21 heavy (non-hydrogen) atoms. The molecule has 0 atom stereocenters. The highest BCUT2D eigenvalue weighted by Gasteiger charge is 2.30. The minimum Gasteiger partial charge on any atom is -0.478 e. The van der Waals surface area contributed by atoms with Crippen LogP contribution < -0.4 is 0 Å². The molecular weight excluding hydrogens is 281 g/mol. The topological polar surface area (TPSA) is 37.3 Å². The van der Waals surface area contributed by atoms with E-state index in [2.05, 4.69) is 0 Å². The van der Waals surface area contributed by atoms with Crippen LogP contribution in [0.5, 0.6) is 0 Å². The highest BCUT2D eigenvalue weighted by Crippen LogP contribution is 2.33. The zero-order valence-electron chi connectivity index (χ0n) is 11.5. The van der Waals surface area contributed by atoms with Gasteiger partial charge in [-0.2, -0.15) is 13.2 Å². The fraction of sp³-hybridized carbons (Fsp3) is 0.188. The lowest BCUT2D eigenvalue weighted by molar-refractivity contribution is -0.137. The second-order valence-corrected chi connectivity index (χ2v) is 4.86. The number of benzene rings is 2. The predicted molar refractivity (Wildman–Crippen MR) is 73.3 cm³/mol. The van der Waals surface area contributed by atoms with Crippen molar-refractivity contribution in [1.82, 2.24) is 0 Å². The van der Waals surface area contributed by atoms with Crippen molar-refractivity contribution in [3.8, 4) is 11.1 Å². The maximum atomic E-state index is 12.6. The standard InChI is InChI=1S/C16H13F3O2/c1-9-3-4-11(8-14(9)15(20)21)13-6-5-12(7-10(13)2)16(17,18)19/h3-8H,1-2H3,(H,20,21). The van der Waals surface area contributed by atoms with E-state index in [1.807, 2.05) is 0 Å². The molecule has 0 aromatic heterocycles. The van der Waals surface area contributed by atoms with E-state index in [4.69, 9.17) is 5.11 Å². The van der Waals surface area contributed by atoms with Crippen LogP contribution in [0.3, 0.4) is 0 Å².